The van der Waals surface area contributed by atoms with E-state index in [0.29, 0.717) is 0 Å². The molecular formula is C19H38ClNO2. The Hall–Kier alpha value is -0.540. The van der Waals surface area contributed by atoms with Crippen molar-refractivity contribution in [3.8, 4) is 0 Å². The number of nitrogens with zero attached hydrogens (tertiary/aromatic N) is 1. The van der Waals surface area contributed by atoms with Crippen LogP contribution in [0.15, 0.2) is 12.7 Å². The van der Waals surface area contributed by atoms with Crippen molar-refractivity contribution < 1.29 is 26.4 Å². The van der Waals surface area contributed by atoms with Crippen LogP contribution >= 0.6 is 0 Å². The Labute approximate surface area is 150 Å². The van der Waals surface area contributed by atoms with E-state index < -0.39 is 0 Å². The van der Waals surface area contributed by atoms with Crippen LogP contribution in [0, 0.1) is 0 Å². The highest BCUT2D eigenvalue weighted by atomic mass is 35.5. The number of esters is 1. The van der Waals surface area contributed by atoms with Crippen molar-refractivity contribution in [3.63, 3.8) is 0 Å². The van der Waals surface area contributed by atoms with Gasteiger partial charge in [-0.1, -0.05) is 64.9 Å². The van der Waals surface area contributed by atoms with Gasteiger partial charge in [0.25, 0.3) is 0 Å². The maximum atomic E-state index is 11.3. The molecule has 4 heteroatoms. The number of halogens is 1. The van der Waals surface area contributed by atoms with Gasteiger partial charge in [0, 0.05) is 13.0 Å². The first-order valence-corrected chi connectivity index (χ1v) is 9.09. The molecule has 0 heterocycles. The minimum absolute atomic E-state index is 0. The number of carbonyl (C=O) groups excluding carboxylic acids is 1. The van der Waals surface area contributed by atoms with E-state index in [1.165, 1.54) is 70.3 Å². The summed E-state index contributed by atoms with van der Waals surface area (Å²) in [5.74, 6) is -0.332. The van der Waals surface area contributed by atoms with Crippen molar-refractivity contribution in [1.29, 1.82) is 0 Å². The van der Waals surface area contributed by atoms with Crippen LogP contribution in [0.2, 0.25) is 0 Å². The lowest BCUT2D eigenvalue weighted by molar-refractivity contribution is -0.932. The van der Waals surface area contributed by atoms with Gasteiger partial charge in [-0.05, 0) is 12.8 Å². The second kappa shape index (κ2) is 15.0. The van der Waals surface area contributed by atoms with Crippen molar-refractivity contribution in [1.82, 2.24) is 0 Å². The predicted molar refractivity (Wildman–Crippen MR) is 94.6 cm³/mol. The number of hydrogen-bond donors (Lipinski definition) is 0. The van der Waals surface area contributed by atoms with Gasteiger partial charge < -0.3 is 17.1 Å². The minimum atomic E-state index is -0.332. The van der Waals surface area contributed by atoms with Crippen LogP contribution in [0.3, 0.4) is 0 Å². The van der Waals surface area contributed by atoms with Gasteiger partial charge in [-0.3, -0.25) is 4.48 Å². The fraction of sp³-hybridized carbons (Fsp3) is 0.842. The molecule has 3 nitrogen and oxygen atoms in total. The minimum Gasteiger partial charge on any atom is -1.00 e. The van der Waals surface area contributed by atoms with Gasteiger partial charge >= 0.3 is 5.97 Å². The molecule has 0 aliphatic heterocycles. The summed E-state index contributed by atoms with van der Waals surface area (Å²) in [7, 11) is 4.24. The van der Waals surface area contributed by atoms with Gasteiger partial charge in [-0.2, -0.15) is 0 Å². The smallest absolute Gasteiger partial charge is 0.334 e. The maximum absolute atomic E-state index is 11.3. The molecule has 23 heavy (non-hydrogen) atoms. The highest BCUT2D eigenvalue weighted by Crippen LogP contribution is 2.14. The Balaban J connectivity index is 0. The maximum Gasteiger partial charge on any atom is 0.334 e. The first-order chi connectivity index (χ1) is 10.4. The van der Waals surface area contributed by atoms with Gasteiger partial charge in [0.2, 0.25) is 6.23 Å². The van der Waals surface area contributed by atoms with Gasteiger partial charge in [0.1, 0.15) is 0 Å². The number of rotatable bonds is 14. The van der Waals surface area contributed by atoms with Crippen LogP contribution in [0.4, 0.5) is 0 Å². The molecule has 0 aromatic heterocycles. The molecule has 0 radical (unpaired) electrons. The second-order valence-corrected chi connectivity index (χ2v) is 6.92. The highest BCUT2D eigenvalue weighted by molar-refractivity contribution is 5.81. The molecule has 0 bridgehead atoms. The Morgan fingerprint density at radius 3 is 1.87 bits per heavy atom. The molecule has 138 valence electrons. The zero-order valence-electron chi connectivity index (χ0n) is 15.8. The van der Waals surface area contributed by atoms with Crippen molar-refractivity contribution >= 4 is 5.97 Å². The van der Waals surface area contributed by atoms with Crippen molar-refractivity contribution in [3.05, 3.63) is 12.7 Å². The summed E-state index contributed by atoms with van der Waals surface area (Å²) in [4.78, 5) is 11.3. The molecule has 0 aromatic rings. The lowest BCUT2D eigenvalue weighted by Crippen LogP contribution is -3.00. The van der Waals surface area contributed by atoms with Crippen molar-refractivity contribution in [2.75, 3.05) is 20.6 Å². The fourth-order valence-electron chi connectivity index (χ4n) is 2.55. The van der Waals surface area contributed by atoms with E-state index in [1.807, 2.05) is 6.92 Å². The Morgan fingerprint density at radius 2 is 1.43 bits per heavy atom. The first-order valence-electron chi connectivity index (χ1n) is 9.09. The summed E-state index contributed by atoms with van der Waals surface area (Å²) in [5, 5.41) is 0. The van der Waals surface area contributed by atoms with E-state index in [1.54, 1.807) is 0 Å². The third kappa shape index (κ3) is 13.6. The van der Waals surface area contributed by atoms with E-state index in [2.05, 4.69) is 27.6 Å². The molecule has 1 unspecified atom stereocenters. The van der Waals surface area contributed by atoms with Gasteiger partial charge in [0.05, 0.1) is 20.6 Å². The average Bonchev–Trinajstić information content (AvgIpc) is 2.48. The third-order valence-electron chi connectivity index (χ3n) is 4.53. The topological polar surface area (TPSA) is 26.3 Å². The summed E-state index contributed by atoms with van der Waals surface area (Å²) < 4.78 is 6.04. The number of ether oxygens (including phenoxy) is 1. The standard InChI is InChI=1S/C19H38NO2.ClH/c1-6-8-9-10-11-12-13-14-15-16-17-20(4,5)18(3)22-19(21)7-2;/h7,18H,2,6,8-17H2,1,3-5H3;1H/q+1;/p-1. The van der Waals surface area contributed by atoms with E-state index >= 15 is 0 Å². The summed E-state index contributed by atoms with van der Waals surface area (Å²) in [6.07, 6.45) is 14.6. The summed E-state index contributed by atoms with van der Waals surface area (Å²) >= 11 is 0. The molecule has 0 N–H and O–H groups in total. The fourth-order valence-corrected chi connectivity index (χ4v) is 2.55. The molecule has 0 rings (SSSR count). The number of quaternary nitrogens is 1. The Bertz CT molecular complexity index is 306. The molecule has 0 aliphatic rings. The van der Waals surface area contributed by atoms with Gasteiger partial charge in [0.15, 0.2) is 0 Å². The molecule has 0 saturated carbocycles. The van der Waals surface area contributed by atoms with Crippen LogP contribution in [0.5, 0.6) is 0 Å². The third-order valence-corrected chi connectivity index (χ3v) is 4.53. The van der Waals surface area contributed by atoms with E-state index in [4.69, 9.17) is 4.74 Å². The highest BCUT2D eigenvalue weighted by Gasteiger charge is 2.25. The van der Waals surface area contributed by atoms with Gasteiger partial charge in [-0.15, -0.1) is 0 Å². The first kappa shape index (κ1) is 24.7. The van der Waals surface area contributed by atoms with Crippen LogP contribution in [0.1, 0.15) is 78.1 Å². The Kier molecular flexibility index (Phi) is 16.1. The van der Waals surface area contributed by atoms with Crippen molar-refractivity contribution in [2.24, 2.45) is 0 Å². The SMILES string of the molecule is C=CC(=O)OC(C)[N+](C)(C)CCCCCCCCCCCC.[Cl-]. The Morgan fingerprint density at radius 1 is 1.00 bits per heavy atom. The van der Waals surface area contributed by atoms with Gasteiger partial charge in [-0.25, -0.2) is 4.79 Å². The molecule has 0 aliphatic carbocycles. The normalized spacial score (nSPS) is 12.3. The second-order valence-electron chi connectivity index (χ2n) is 6.92. The van der Waals surface area contributed by atoms with Crippen LogP contribution < -0.4 is 12.4 Å². The molecule has 0 fully saturated rings. The zero-order chi connectivity index (χ0) is 16.8. The molecular weight excluding hydrogens is 310 g/mol. The largest absolute Gasteiger partial charge is 1.00 e. The van der Waals surface area contributed by atoms with Crippen LogP contribution in [-0.2, 0) is 9.53 Å². The predicted octanol–water partition coefficient (Wildman–Crippen LogP) is 2.06. The lowest BCUT2D eigenvalue weighted by atomic mass is 10.1. The van der Waals surface area contributed by atoms with Crippen molar-refractivity contribution in [2.45, 2.75) is 84.3 Å². The molecule has 0 aromatic carbocycles. The molecule has 0 amide bonds. The summed E-state index contributed by atoms with van der Waals surface area (Å²) in [6, 6.07) is 0. The van der Waals surface area contributed by atoms with Crippen LogP contribution in [-0.4, -0.2) is 37.3 Å². The molecule has 0 saturated heterocycles. The molecule has 1 atom stereocenters. The number of carbonyl (C=O) groups is 1. The quantitative estimate of drug-likeness (QED) is 0.158. The number of hydrogen-bond acceptors (Lipinski definition) is 2. The zero-order valence-corrected chi connectivity index (χ0v) is 16.5. The summed E-state index contributed by atoms with van der Waals surface area (Å²) in [5.41, 5.74) is 0. The average molecular weight is 348 g/mol. The summed E-state index contributed by atoms with van der Waals surface area (Å²) in [6.45, 7) is 8.70. The monoisotopic (exact) mass is 347 g/mol. The van der Waals surface area contributed by atoms with Crippen LogP contribution in [0.25, 0.3) is 0 Å². The molecule has 0 spiro atoms. The lowest BCUT2D eigenvalue weighted by Gasteiger charge is -2.34. The van der Waals surface area contributed by atoms with E-state index in [0.717, 1.165) is 11.0 Å². The van der Waals surface area contributed by atoms with E-state index in [-0.39, 0.29) is 24.6 Å². The van der Waals surface area contributed by atoms with E-state index in [9.17, 15) is 4.79 Å². The number of unbranched alkanes of at least 4 members (excludes halogenated alkanes) is 9.